The van der Waals surface area contributed by atoms with Crippen LogP contribution in [0.4, 0.5) is 11.4 Å². The first-order valence-corrected chi connectivity index (χ1v) is 17.9. The summed E-state index contributed by atoms with van der Waals surface area (Å²) in [5, 5.41) is 0. The van der Waals surface area contributed by atoms with Crippen LogP contribution in [0.25, 0.3) is 11.1 Å². The molecule has 52 heavy (non-hydrogen) atoms. The van der Waals surface area contributed by atoms with E-state index in [1.165, 1.54) is 17.5 Å². The Bertz CT molecular complexity index is 2090. The summed E-state index contributed by atoms with van der Waals surface area (Å²) in [6.07, 6.45) is 5.53. The van der Waals surface area contributed by atoms with E-state index < -0.39 is 0 Å². The molecule has 0 bridgehead atoms. The summed E-state index contributed by atoms with van der Waals surface area (Å²) in [5.74, 6) is 8.43. The van der Waals surface area contributed by atoms with Gasteiger partial charge in [0.2, 0.25) is 0 Å². The van der Waals surface area contributed by atoms with Gasteiger partial charge in [0, 0.05) is 16.5 Å². The number of aliphatic imine (C=N–C) groups is 2. The number of benzene rings is 6. The molecule has 1 saturated carbocycles. The summed E-state index contributed by atoms with van der Waals surface area (Å²) >= 11 is 0. The minimum atomic E-state index is -0.239. The van der Waals surface area contributed by atoms with E-state index in [4.69, 9.17) is 19.5 Å². The van der Waals surface area contributed by atoms with Crippen molar-refractivity contribution in [1.82, 2.24) is 0 Å². The molecule has 0 aliphatic heterocycles. The fourth-order valence-electron chi connectivity index (χ4n) is 7.32. The number of methoxy groups -OCH3 is 2. The van der Waals surface area contributed by atoms with E-state index in [0.29, 0.717) is 0 Å². The van der Waals surface area contributed by atoms with Gasteiger partial charge >= 0.3 is 0 Å². The molecule has 1 fully saturated rings. The molecule has 0 heterocycles. The molecule has 256 valence electrons. The predicted octanol–water partition coefficient (Wildman–Crippen LogP) is 11.8. The highest BCUT2D eigenvalue weighted by Gasteiger charge is 2.37. The number of ether oxygens (including phenoxy) is 2. The van der Waals surface area contributed by atoms with Crippen molar-refractivity contribution >= 4 is 34.3 Å². The molecule has 0 spiro atoms. The van der Waals surface area contributed by atoms with Crippen LogP contribution in [0.15, 0.2) is 168 Å². The minimum Gasteiger partial charge on any atom is -0.496 e. The van der Waals surface area contributed by atoms with E-state index in [9.17, 15) is 0 Å². The second kappa shape index (κ2) is 16.2. The van der Waals surface area contributed by atoms with Gasteiger partial charge in [0.1, 0.15) is 11.5 Å². The van der Waals surface area contributed by atoms with E-state index in [-0.39, 0.29) is 5.41 Å². The molecule has 6 aromatic rings. The van der Waals surface area contributed by atoms with Gasteiger partial charge in [-0.2, -0.15) is 0 Å². The molecule has 4 nitrogen and oxygen atoms in total. The van der Waals surface area contributed by atoms with Gasteiger partial charge in [-0.25, -0.2) is 9.98 Å². The number of hydrogen-bond donors (Lipinski definition) is 0. The van der Waals surface area contributed by atoms with Gasteiger partial charge in [0.05, 0.1) is 36.7 Å². The standard InChI is InChI=1S/C48H42N2O2/c1-51-46-28-26-38(32-42(46)44(36-18-8-3-9-19-36)34-49-40-22-12-5-13-23-40)48(30-16-7-17-31-48)39-27-29-47(52-2)43(33-39)45(37-20-10-4-11-21-37)35-50-41-24-14-6-15-25-41/h3-6,8-15,18-29,32-33H,7,16-17,30-31H2,1-2H3. The van der Waals surface area contributed by atoms with E-state index in [1.54, 1.807) is 14.2 Å². The molecule has 0 aromatic heterocycles. The van der Waals surface area contributed by atoms with Gasteiger partial charge in [-0.3, -0.25) is 0 Å². The quantitative estimate of drug-likeness (QED) is 0.135. The van der Waals surface area contributed by atoms with Crippen LogP contribution >= 0.6 is 0 Å². The first kappa shape index (κ1) is 34.3. The zero-order valence-electron chi connectivity index (χ0n) is 29.8. The van der Waals surface area contributed by atoms with Crippen molar-refractivity contribution in [2.24, 2.45) is 9.98 Å². The van der Waals surface area contributed by atoms with Crippen LogP contribution in [0.3, 0.4) is 0 Å². The van der Waals surface area contributed by atoms with E-state index in [0.717, 1.165) is 82.0 Å². The summed E-state index contributed by atoms with van der Waals surface area (Å²) in [7, 11) is 3.46. The lowest BCUT2D eigenvalue weighted by atomic mass is 9.64. The monoisotopic (exact) mass is 678 g/mol. The Kier molecular flexibility index (Phi) is 10.7. The van der Waals surface area contributed by atoms with Gasteiger partial charge in [-0.05, 0) is 95.4 Å². The molecule has 1 aliphatic carbocycles. The molecule has 7 rings (SSSR count). The molecule has 0 unspecified atom stereocenters. The van der Waals surface area contributed by atoms with Crippen molar-refractivity contribution in [3.63, 3.8) is 0 Å². The average molecular weight is 679 g/mol. The van der Waals surface area contributed by atoms with Crippen molar-refractivity contribution in [2.75, 3.05) is 14.2 Å². The Morgan fingerprint density at radius 1 is 0.481 bits per heavy atom. The SMILES string of the molecule is COc1ccc(C2(c3ccc(OC)c(C(=C=Nc4ccccc4)c4ccccc4)c3)CCCCC2)cc1C(=C=Nc1ccccc1)c1ccccc1. The van der Waals surface area contributed by atoms with Crippen molar-refractivity contribution in [3.05, 3.63) is 191 Å². The van der Waals surface area contributed by atoms with Gasteiger partial charge in [0.25, 0.3) is 0 Å². The van der Waals surface area contributed by atoms with Crippen LogP contribution in [0.1, 0.15) is 65.5 Å². The molecule has 0 radical (unpaired) electrons. The molecule has 4 heteroatoms. The molecule has 0 amide bonds. The summed E-state index contributed by atoms with van der Waals surface area (Å²) in [6, 6.07) is 54.0. The Balaban J connectivity index is 1.42. The number of para-hydroxylation sites is 2. The zero-order valence-corrected chi connectivity index (χ0v) is 29.8. The van der Waals surface area contributed by atoms with Crippen LogP contribution in [-0.4, -0.2) is 26.0 Å². The summed E-state index contributed by atoms with van der Waals surface area (Å²) in [4.78, 5) is 9.59. The van der Waals surface area contributed by atoms with E-state index in [1.807, 2.05) is 72.8 Å². The first-order chi connectivity index (χ1) is 25.7. The van der Waals surface area contributed by atoms with Crippen molar-refractivity contribution in [2.45, 2.75) is 37.5 Å². The average Bonchev–Trinajstić information content (AvgIpc) is 3.22. The first-order valence-electron chi connectivity index (χ1n) is 17.9. The molecule has 6 aromatic carbocycles. The third kappa shape index (κ3) is 7.45. The van der Waals surface area contributed by atoms with Crippen LogP contribution in [0, 0.1) is 0 Å². The third-order valence-electron chi connectivity index (χ3n) is 9.98. The number of rotatable bonds is 10. The molecule has 0 N–H and O–H groups in total. The van der Waals surface area contributed by atoms with Crippen molar-refractivity contribution < 1.29 is 9.47 Å². The highest BCUT2D eigenvalue weighted by atomic mass is 16.5. The zero-order chi connectivity index (χ0) is 35.6. The van der Waals surface area contributed by atoms with Crippen LogP contribution in [0.5, 0.6) is 11.5 Å². The molecular weight excluding hydrogens is 637 g/mol. The van der Waals surface area contributed by atoms with Gasteiger partial charge in [-0.15, -0.1) is 0 Å². The molecule has 0 atom stereocenters. The highest BCUT2D eigenvalue weighted by molar-refractivity contribution is 6.02. The summed E-state index contributed by atoms with van der Waals surface area (Å²) in [5.41, 5.74) is 9.69. The van der Waals surface area contributed by atoms with Gasteiger partial charge in [0.15, 0.2) is 0 Å². The second-order valence-electron chi connectivity index (χ2n) is 13.1. The van der Waals surface area contributed by atoms with Gasteiger partial charge in [-0.1, -0.05) is 128 Å². The summed E-state index contributed by atoms with van der Waals surface area (Å²) < 4.78 is 12.1. The van der Waals surface area contributed by atoms with Crippen LogP contribution in [-0.2, 0) is 5.41 Å². The Hall–Kier alpha value is -6.18. The lowest BCUT2D eigenvalue weighted by molar-refractivity contribution is 0.344. The largest absolute Gasteiger partial charge is 0.496 e. The second-order valence-corrected chi connectivity index (χ2v) is 13.1. The maximum absolute atomic E-state index is 6.03. The highest BCUT2D eigenvalue weighted by Crippen LogP contribution is 2.48. The Morgan fingerprint density at radius 2 is 0.865 bits per heavy atom. The Morgan fingerprint density at radius 3 is 1.25 bits per heavy atom. The Labute approximate surface area is 307 Å². The maximum atomic E-state index is 6.03. The maximum Gasteiger partial charge on any atom is 0.127 e. The fraction of sp³-hybridized carbons (Fsp3) is 0.167. The van der Waals surface area contributed by atoms with Gasteiger partial charge < -0.3 is 9.47 Å². The van der Waals surface area contributed by atoms with Crippen LogP contribution in [0.2, 0.25) is 0 Å². The lowest BCUT2D eigenvalue weighted by Gasteiger charge is -2.39. The smallest absolute Gasteiger partial charge is 0.127 e. The third-order valence-corrected chi connectivity index (χ3v) is 9.98. The minimum absolute atomic E-state index is 0.239. The topological polar surface area (TPSA) is 43.2 Å². The van der Waals surface area contributed by atoms with Crippen molar-refractivity contribution in [3.8, 4) is 11.5 Å². The summed E-state index contributed by atoms with van der Waals surface area (Å²) in [6.45, 7) is 0. The predicted molar refractivity (Wildman–Crippen MR) is 215 cm³/mol. The van der Waals surface area contributed by atoms with Crippen LogP contribution < -0.4 is 9.47 Å². The normalized spacial score (nSPS) is 13.2. The van der Waals surface area contributed by atoms with Crippen molar-refractivity contribution in [1.29, 1.82) is 0 Å². The molecule has 1 aliphatic rings. The number of nitrogens with zero attached hydrogens (tertiary/aromatic N) is 2. The number of hydrogen-bond acceptors (Lipinski definition) is 4. The molecule has 0 saturated heterocycles. The molecular formula is C48H42N2O2. The van der Waals surface area contributed by atoms with E-state index in [2.05, 4.69) is 96.7 Å². The van der Waals surface area contributed by atoms with E-state index >= 15 is 0 Å². The lowest BCUT2D eigenvalue weighted by Crippen LogP contribution is -2.31. The fourth-order valence-corrected chi connectivity index (χ4v) is 7.32.